The number of hydrogen-bond donors (Lipinski definition) is 2. The Bertz CT molecular complexity index is 554. The summed E-state index contributed by atoms with van der Waals surface area (Å²) in [6.45, 7) is 7.46. The van der Waals surface area contributed by atoms with Crippen molar-refractivity contribution in [3.8, 4) is 0 Å². The van der Waals surface area contributed by atoms with E-state index in [2.05, 4.69) is 15.6 Å². The SMILES string of the molecule is CCNC(=NCc1ccc(N2CCOCC2)c(F)c1)NCCCOC.I. The number of hydrogen-bond acceptors (Lipinski definition) is 4. The number of nitrogens with one attached hydrogen (secondary N) is 2. The van der Waals surface area contributed by atoms with Gasteiger partial charge in [0.25, 0.3) is 0 Å². The molecule has 1 saturated heterocycles. The molecule has 8 heteroatoms. The molecule has 1 aliphatic rings. The summed E-state index contributed by atoms with van der Waals surface area (Å²) in [5, 5.41) is 6.44. The van der Waals surface area contributed by atoms with E-state index in [1.54, 1.807) is 13.2 Å². The van der Waals surface area contributed by atoms with Gasteiger partial charge in [0.15, 0.2) is 5.96 Å². The largest absolute Gasteiger partial charge is 0.385 e. The number of halogens is 2. The van der Waals surface area contributed by atoms with Crippen LogP contribution in [0.15, 0.2) is 23.2 Å². The second-order valence-electron chi connectivity index (χ2n) is 5.85. The fourth-order valence-electron chi connectivity index (χ4n) is 2.64. The molecule has 1 heterocycles. The Kier molecular flexibility index (Phi) is 11.5. The van der Waals surface area contributed by atoms with Gasteiger partial charge in [-0.15, -0.1) is 24.0 Å². The van der Waals surface area contributed by atoms with E-state index in [4.69, 9.17) is 9.47 Å². The summed E-state index contributed by atoms with van der Waals surface area (Å²) in [7, 11) is 1.69. The molecule has 1 aliphatic heterocycles. The van der Waals surface area contributed by atoms with Crippen molar-refractivity contribution in [2.24, 2.45) is 4.99 Å². The first-order valence-electron chi connectivity index (χ1n) is 8.86. The lowest BCUT2D eigenvalue weighted by molar-refractivity contribution is 0.122. The molecular weight excluding hydrogens is 450 g/mol. The average molecular weight is 480 g/mol. The highest BCUT2D eigenvalue weighted by Gasteiger charge is 2.15. The lowest BCUT2D eigenvalue weighted by Gasteiger charge is -2.29. The number of anilines is 1. The van der Waals surface area contributed by atoms with Crippen molar-refractivity contribution < 1.29 is 13.9 Å². The third-order valence-corrected chi connectivity index (χ3v) is 3.95. The maximum atomic E-state index is 14.4. The highest BCUT2D eigenvalue weighted by Crippen LogP contribution is 2.21. The van der Waals surface area contributed by atoms with Gasteiger partial charge in [0.05, 0.1) is 25.4 Å². The van der Waals surface area contributed by atoms with Crippen LogP contribution in [0, 0.1) is 5.82 Å². The summed E-state index contributed by atoms with van der Waals surface area (Å²) < 4.78 is 24.8. The molecule has 0 amide bonds. The first kappa shape index (κ1) is 22.9. The summed E-state index contributed by atoms with van der Waals surface area (Å²) in [5.74, 6) is 0.531. The number of guanidine groups is 1. The third-order valence-electron chi connectivity index (χ3n) is 3.95. The minimum Gasteiger partial charge on any atom is -0.385 e. The maximum absolute atomic E-state index is 14.4. The van der Waals surface area contributed by atoms with Crippen LogP contribution in [-0.2, 0) is 16.0 Å². The molecule has 0 spiro atoms. The Hall–Kier alpha value is -1.13. The number of aliphatic imine (C=N–C) groups is 1. The Balaban J connectivity index is 0.00000338. The van der Waals surface area contributed by atoms with Gasteiger partial charge in [-0.25, -0.2) is 9.38 Å². The van der Waals surface area contributed by atoms with Crippen LogP contribution in [0.4, 0.5) is 10.1 Å². The standard InChI is InChI=1S/C18H29FN4O2.HI/c1-3-20-18(21-7-4-10-24-2)22-14-15-5-6-17(16(19)13-15)23-8-11-25-12-9-23;/h5-6,13H,3-4,7-12,14H2,1-2H3,(H2,20,21,22);1H. The van der Waals surface area contributed by atoms with Gasteiger partial charge < -0.3 is 25.0 Å². The van der Waals surface area contributed by atoms with Crippen LogP contribution in [0.25, 0.3) is 0 Å². The quantitative estimate of drug-likeness (QED) is 0.259. The molecule has 2 N–H and O–H groups in total. The fourth-order valence-corrected chi connectivity index (χ4v) is 2.64. The van der Waals surface area contributed by atoms with E-state index in [0.29, 0.717) is 32.1 Å². The van der Waals surface area contributed by atoms with Gasteiger partial charge in [0.2, 0.25) is 0 Å². The molecule has 0 bridgehead atoms. The van der Waals surface area contributed by atoms with Gasteiger partial charge in [-0.2, -0.15) is 0 Å². The Morgan fingerprint density at radius 2 is 2.08 bits per heavy atom. The van der Waals surface area contributed by atoms with Crippen LogP contribution < -0.4 is 15.5 Å². The van der Waals surface area contributed by atoms with Crippen LogP contribution >= 0.6 is 24.0 Å². The molecule has 0 aliphatic carbocycles. The van der Waals surface area contributed by atoms with E-state index in [1.807, 2.05) is 24.0 Å². The molecule has 0 saturated carbocycles. The van der Waals surface area contributed by atoms with E-state index < -0.39 is 0 Å². The molecule has 1 aromatic rings. The van der Waals surface area contributed by atoms with E-state index in [1.165, 1.54) is 0 Å². The minimum atomic E-state index is -0.201. The zero-order chi connectivity index (χ0) is 17.9. The highest BCUT2D eigenvalue weighted by molar-refractivity contribution is 14.0. The minimum absolute atomic E-state index is 0. The number of rotatable bonds is 8. The lowest BCUT2D eigenvalue weighted by atomic mass is 10.1. The second-order valence-corrected chi connectivity index (χ2v) is 5.85. The van der Waals surface area contributed by atoms with Crippen LogP contribution in [0.5, 0.6) is 0 Å². The van der Waals surface area contributed by atoms with Gasteiger partial charge in [0, 0.05) is 39.9 Å². The Morgan fingerprint density at radius 3 is 2.73 bits per heavy atom. The normalized spacial score (nSPS) is 14.7. The number of nitrogens with zero attached hydrogens (tertiary/aromatic N) is 2. The van der Waals surface area contributed by atoms with E-state index in [-0.39, 0.29) is 29.8 Å². The molecule has 0 unspecified atom stereocenters. The smallest absolute Gasteiger partial charge is 0.191 e. The van der Waals surface area contributed by atoms with E-state index >= 15 is 0 Å². The van der Waals surface area contributed by atoms with Gasteiger partial charge in [-0.05, 0) is 31.0 Å². The van der Waals surface area contributed by atoms with Crippen molar-refractivity contribution in [3.05, 3.63) is 29.6 Å². The summed E-state index contributed by atoms with van der Waals surface area (Å²) in [6.07, 6.45) is 0.907. The first-order valence-corrected chi connectivity index (χ1v) is 8.86. The maximum Gasteiger partial charge on any atom is 0.191 e. The van der Waals surface area contributed by atoms with Crippen LogP contribution in [-0.4, -0.2) is 59.1 Å². The second kappa shape index (κ2) is 13.1. The molecule has 1 aromatic carbocycles. The van der Waals surface area contributed by atoms with Crippen molar-refractivity contribution in [2.45, 2.75) is 19.9 Å². The van der Waals surface area contributed by atoms with Gasteiger partial charge >= 0.3 is 0 Å². The molecule has 148 valence electrons. The molecule has 0 radical (unpaired) electrons. The lowest BCUT2D eigenvalue weighted by Crippen LogP contribution is -2.38. The molecule has 0 aromatic heterocycles. The molecule has 2 rings (SSSR count). The predicted octanol–water partition coefficient (Wildman–Crippen LogP) is 2.37. The summed E-state index contributed by atoms with van der Waals surface area (Å²) in [4.78, 5) is 6.54. The van der Waals surface area contributed by atoms with Crippen molar-refractivity contribution in [1.82, 2.24) is 10.6 Å². The van der Waals surface area contributed by atoms with Crippen LogP contribution in [0.3, 0.4) is 0 Å². The molecular formula is C18H30FIN4O2. The monoisotopic (exact) mass is 480 g/mol. The third kappa shape index (κ3) is 7.63. The summed E-state index contributed by atoms with van der Waals surface area (Å²) in [5.41, 5.74) is 1.49. The fraction of sp³-hybridized carbons (Fsp3) is 0.611. The summed E-state index contributed by atoms with van der Waals surface area (Å²) in [6, 6.07) is 5.35. The van der Waals surface area contributed by atoms with Gasteiger partial charge in [-0.3, -0.25) is 0 Å². The van der Waals surface area contributed by atoms with Crippen LogP contribution in [0.1, 0.15) is 18.9 Å². The van der Waals surface area contributed by atoms with E-state index in [9.17, 15) is 4.39 Å². The van der Waals surface area contributed by atoms with Crippen molar-refractivity contribution in [2.75, 3.05) is 58.0 Å². The van der Waals surface area contributed by atoms with Gasteiger partial charge in [-0.1, -0.05) is 6.07 Å². The van der Waals surface area contributed by atoms with Gasteiger partial charge in [0.1, 0.15) is 5.82 Å². The average Bonchev–Trinajstić information content (AvgIpc) is 2.64. The Labute approximate surface area is 172 Å². The van der Waals surface area contributed by atoms with Crippen molar-refractivity contribution in [1.29, 1.82) is 0 Å². The molecule has 26 heavy (non-hydrogen) atoms. The van der Waals surface area contributed by atoms with Crippen molar-refractivity contribution >= 4 is 35.6 Å². The highest BCUT2D eigenvalue weighted by atomic mass is 127. The van der Waals surface area contributed by atoms with E-state index in [0.717, 1.165) is 44.1 Å². The number of ether oxygens (including phenoxy) is 2. The summed E-state index contributed by atoms with van der Waals surface area (Å²) >= 11 is 0. The molecule has 6 nitrogen and oxygen atoms in total. The van der Waals surface area contributed by atoms with Crippen molar-refractivity contribution in [3.63, 3.8) is 0 Å². The molecule has 0 atom stereocenters. The molecule has 1 fully saturated rings. The zero-order valence-corrected chi connectivity index (χ0v) is 17.9. The predicted molar refractivity (Wildman–Crippen MR) is 114 cm³/mol. The zero-order valence-electron chi connectivity index (χ0n) is 15.6. The number of morpholine rings is 1. The first-order chi connectivity index (χ1) is 12.2. The topological polar surface area (TPSA) is 58.1 Å². The Morgan fingerprint density at radius 1 is 1.31 bits per heavy atom. The number of methoxy groups -OCH3 is 1. The number of benzene rings is 1. The van der Waals surface area contributed by atoms with Crippen LogP contribution in [0.2, 0.25) is 0 Å².